The first kappa shape index (κ1) is 16.2. The lowest BCUT2D eigenvalue weighted by atomic mass is 10.1. The van der Waals surface area contributed by atoms with Gasteiger partial charge in [0.2, 0.25) is 10.0 Å². The molecule has 1 aromatic carbocycles. The number of benzene rings is 1. The van der Waals surface area contributed by atoms with Crippen LogP contribution in [0.5, 0.6) is 0 Å². The highest BCUT2D eigenvalue weighted by Gasteiger charge is 2.36. The maximum absolute atomic E-state index is 12.6. The van der Waals surface area contributed by atoms with Gasteiger partial charge in [-0.15, -0.1) is 0 Å². The number of sulfonamides is 1. The van der Waals surface area contributed by atoms with E-state index < -0.39 is 16.0 Å². The van der Waals surface area contributed by atoms with Gasteiger partial charge >= 0.3 is 5.97 Å². The molecule has 0 aromatic heterocycles. The lowest BCUT2D eigenvalue weighted by Crippen LogP contribution is -2.32. The van der Waals surface area contributed by atoms with Crippen LogP contribution in [0.15, 0.2) is 23.1 Å². The standard InChI is InChI=1S/C13H17ClN2O4S/c1-8-6-16(7-11(8)15)21(18,19)12-5-9(13(17)20-2)3-4-10(12)14/h3-5,8,11H,6-7,15H2,1-2H3. The SMILES string of the molecule is COC(=O)c1ccc(Cl)c(S(=O)(=O)N2CC(C)C(N)C2)c1. The van der Waals surface area contributed by atoms with Crippen LogP contribution in [-0.4, -0.2) is 44.9 Å². The molecule has 1 aliphatic rings. The van der Waals surface area contributed by atoms with E-state index in [2.05, 4.69) is 4.74 Å². The van der Waals surface area contributed by atoms with Crippen LogP contribution < -0.4 is 5.73 Å². The molecule has 2 N–H and O–H groups in total. The van der Waals surface area contributed by atoms with E-state index in [9.17, 15) is 13.2 Å². The number of nitrogens with two attached hydrogens (primary N) is 1. The fourth-order valence-corrected chi connectivity index (χ4v) is 4.31. The maximum atomic E-state index is 12.6. The molecule has 116 valence electrons. The summed E-state index contributed by atoms with van der Waals surface area (Å²) >= 11 is 5.99. The molecule has 1 heterocycles. The van der Waals surface area contributed by atoms with Crippen LogP contribution >= 0.6 is 11.6 Å². The summed E-state index contributed by atoms with van der Waals surface area (Å²) in [5, 5.41) is 0.0655. The third-order valence-electron chi connectivity index (χ3n) is 3.61. The van der Waals surface area contributed by atoms with Gasteiger partial charge in [0.05, 0.1) is 17.7 Å². The molecule has 1 aromatic rings. The van der Waals surface area contributed by atoms with E-state index in [0.717, 1.165) is 0 Å². The molecule has 1 fully saturated rings. The van der Waals surface area contributed by atoms with E-state index in [1.54, 1.807) is 0 Å². The number of hydrogen-bond donors (Lipinski definition) is 1. The molecular formula is C13H17ClN2O4S. The average Bonchev–Trinajstić information content (AvgIpc) is 2.79. The first-order valence-corrected chi connectivity index (χ1v) is 8.22. The fraction of sp³-hybridized carbons (Fsp3) is 0.462. The van der Waals surface area contributed by atoms with Crippen molar-refractivity contribution in [2.24, 2.45) is 11.7 Å². The molecule has 0 amide bonds. The second-order valence-corrected chi connectivity index (χ2v) is 7.41. The van der Waals surface area contributed by atoms with Gasteiger partial charge in [0.25, 0.3) is 0 Å². The highest BCUT2D eigenvalue weighted by atomic mass is 35.5. The summed E-state index contributed by atoms with van der Waals surface area (Å²) in [7, 11) is -2.56. The van der Waals surface area contributed by atoms with E-state index in [-0.39, 0.29) is 34.0 Å². The Labute approximate surface area is 128 Å². The summed E-state index contributed by atoms with van der Waals surface area (Å²) in [4.78, 5) is 11.4. The molecule has 0 bridgehead atoms. The predicted octanol–water partition coefficient (Wildman–Crippen LogP) is 1.09. The second kappa shape index (κ2) is 5.92. The lowest BCUT2D eigenvalue weighted by molar-refractivity contribution is 0.0600. The van der Waals surface area contributed by atoms with Gasteiger partial charge in [0.15, 0.2) is 0 Å². The summed E-state index contributed by atoms with van der Waals surface area (Å²) in [5.74, 6) is -0.544. The number of halogens is 1. The number of ether oxygens (including phenoxy) is 1. The van der Waals surface area contributed by atoms with E-state index in [1.165, 1.54) is 29.6 Å². The predicted molar refractivity (Wildman–Crippen MR) is 78.7 cm³/mol. The van der Waals surface area contributed by atoms with Crippen LogP contribution in [0.1, 0.15) is 17.3 Å². The number of esters is 1. The number of carbonyl (C=O) groups is 1. The third kappa shape index (κ3) is 3.06. The molecular weight excluding hydrogens is 316 g/mol. The molecule has 2 atom stereocenters. The Bertz CT molecular complexity index is 652. The molecule has 21 heavy (non-hydrogen) atoms. The van der Waals surface area contributed by atoms with Crippen LogP contribution in [0.4, 0.5) is 0 Å². The Morgan fingerprint density at radius 2 is 2.10 bits per heavy atom. The van der Waals surface area contributed by atoms with Crippen molar-refractivity contribution < 1.29 is 17.9 Å². The number of hydrogen-bond acceptors (Lipinski definition) is 5. The summed E-state index contributed by atoms with van der Waals surface area (Å²) in [6, 6.07) is 3.83. The van der Waals surface area contributed by atoms with Crippen LogP contribution in [-0.2, 0) is 14.8 Å². The molecule has 2 unspecified atom stereocenters. The maximum Gasteiger partial charge on any atom is 0.337 e. The number of methoxy groups -OCH3 is 1. The van der Waals surface area contributed by atoms with Crippen molar-refractivity contribution in [1.82, 2.24) is 4.31 Å². The van der Waals surface area contributed by atoms with Gasteiger partial charge in [-0.2, -0.15) is 4.31 Å². The highest BCUT2D eigenvalue weighted by molar-refractivity contribution is 7.89. The normalized spacial score (nSPS) is 23.2. The highest BCUT2D eigenvalue weighted by Crippen LogP contribution is 2.29. The third-order valence-corrected chi connectivity index (χ3v) is 5.92. The molecule has 2 rings (SSSR count). The number of nitrogens with zero attached hydrogens (tertiary/aromatic N) is 1. The molecule has 0 spiro atoms. The van der Waals surface area contributed by atoms with Gasteiger partial charge in [0, 0.05) is 19.1 Å². The van der Waals surface area contributed by atoms with Gasteiger partial charge in [-0.05, 0) is 24.1 Å². The Hall–Kier alpha value is -1.15. The summed E-state index contributed by atoms with van der Waals surface area (Å²) in [6.45, 7) is 2.47. The minimum Gasteiger partial charge on any atom is -0.465 e. The molecule has 1 aliphatic heterocycles. The first-order chi connectivity index (χ1) is 9.77. The lowest BCUT2D eigenvalue weighted by Gasteiger charge is -2.17. The molecule has 1 saturated heterocycles. The molecule has 0 radical (unpaired) electrons. The van der Waals surface area contributed by atoms with Gasteiger partial charge < -0.3 is 10.5 Å². The zero-order valence-electron chi connectivity index (χ0n) is 11.7. The Balaban J connectivity index is 2.43. The zero-order chi connectivity index (χ0) is 15.8. The summed E-state index contributed by atoms with van der Waals surface area (Å²) in [5.41, 5.74) is 6.00. The zero-order valence-corrected chi connectivity index (χ0v) is 13.3. The monoisotopic (exact) mass is 332 g/mol. The molecule has 0 aliphatic carbocycles. The van der Waals surface area contributed by atoms with E-state index >= 15 is 0 Å². The largest absolute Gasteiger partial charge is 0.465 e. The van der Waals surface area contributed by atoms with Gasteiger partial charge in [-0.25, -0.2) is 13.2 Å². The Morgan fingerprint density at radius 3 is 2.62 bits per heavy atom. The van der Waals surface area contributed by atoms with E-state index in [1.807, 2.05) is 6.92 Å². The van der Waals surface area contributed by atoms with Crippen molar-refractivity contribution in [2.45, 2.75) is 17.9 Å². The minimum atomic E-state index is -3.79. The van der Waals surface area contributed by atoms with Gasteiger partial charge in [-0.1, -0.05) is 18.5 Å². The van der Waals surface area contributed by atoms with Crippen LogP contribution in [0.3, 0.4) is 0 Å². The Morgan fingerprint density at radius 1 is 1.43 bits per heavy atom. The van der Waals surface area contributed by atoms with Crippen molar-refractivity contribution in [3.05, 3.63) is 28.8 Å². The van der Waals surface area contributed by atoms with Crippen molar-refractivity contribution >= 4 is 27.6 Å². The summed E-state index contributed by atoms with van der Waals surface area (Å²) in [6.07, 6.45) is 0. The molecule has 6 nitrogen and oxygen atoms in total. The Kier molecular flexibility index (Phi) is 4.57. The van der Waals surface area contributed by atoms with Crippen LogP contribution in [0.2, 0.25) is 5.02 Å². The smallest absolute Gasteiger partial charge is 0.337 e. The second-order valence-electron chi connectivity index (χ2n) is 5.10. The van der Waals surface area contributed by atoms with E-state index in [4.69, 9.17) is 17.3 Å². The fourth-order valence-electron chi connectivity index (χ4n) is 2.23. The average molecular weight is 333 g/mol. The quantitative estimate of drug-likeness (QED) is 0.837. The van der Waals surface area contributed by atoms with Crippen molar-refractivity contribution in [1.29, 1.82) is 0 Å². The first-order valence-electron chi connectivity index (χ1n) is 6.41. The van der Waals surface area contributed by atoms with Crippen LogP contribution in [0.25, 0.3) is 0 Å². The van der Waals surface area contributed by atoms with Gasteiger partial charge in [0.1, 0.15) is 4.90 Å². The number of rotatable bonds is 3. The molecule has 8 heteroatoms. The van der Waals surface area contributed by atoms with Crippen molar-refractivity contribution in [3.63, 3.8) is 0 Å². The number of carbonyl (C=O) groups excluding carboxylic acids is 1. The minimum absolute atomic E-state index is 0.0655. The molecule has 0 saturated carbocycles. The van der Waals surface area contributed by atoms with Gasteiger partial charge in [-0.3, -0.25) is 0 Å². The topological polar surface area (TPSA) is 89.7 Å². The van der Waals surface area contributed by atoms with E-state index in [0.29, 0.717) is 6.54 Å². The van der Waals surface area contributed by atoms with Crippen LogP contribution in [0, 0.1) is 5.92 Å². The summed E-state index contributed by atoms with van der Waals surface area (Å²) < 4.78 is 31.2. The van der Waals surface area contributed by atoms with Crippen molar-refractivity contribution in [3.8, 4) is 0 Å². The van der Waals surface area contributed by atoms with Crippen molar-refractivity contribution in [2.75, 3.05) is 20.2 Å².